The summed E-state index contributed by atoms with van der Waals surface area (Å²) in [6, 6.07) is 4.10. The van der Waals surface area contributed by atoms with Crippen molar-refractivity contribution in [1.29, 1.82) is 0 Å². The Hall–Kier alpha value is -1.83. The van der Waals surface area contributed by atoms with Crippen LogP contribution in [-0.4, -0.2) is 24.8 Å². The van der Waals surface area contributed by atoms with E-state index in [0.717, 1.165) is 0 Å². The standard InChI is InChI=1S/C11H13F3N2O3/c1-15-7-8-2-3-9(16(17)18)10(6-8)19-5-4-11(12,13)14/h2-3,6,15H,4-5,7H2,1H3. The lowest BCUT2D eigenvalue weighted by Gasteiger charge is -2.10. The van der Waals surface area contributed by atoms with E-state index in [1.54, 1.807) is 7.05 Å². The van der Waals surface area contributed by atoms with Crippen molar-refractivity contribution >= 4 is 5.69 Å². The second kappa shape index (κ2) is 6.37. The average Bonchev–Trinajstić information content (AvgIpc) is 2.27. The average molecular weight is 278 g/mol. The number of hydrogen-bond donors (Lipinski definition) is 1. The number of nitro groups is 1. The molecule has 0 radical (unpaired) electrons. The molecule has 1 rings (SSSR count). The molecule has 0 aromatic heterocycles. The van der Waals surface area contributed by atoms with Gasteiger partial charge in [0.05, 0.1) is 18.0 Å². The molecular formula is C11H13F3N2O3. The summed E-state index contributed by atoms with van der Waals surface area (Å²) in [6.07, 6.45) is -5.50. The van der Waals surface area contributed by atoms with E-state index in [1.807, 2.05) is 0 Å². The van der Waals surface area contributed by atoms with Crippen LogP contribution in [0, 0.1) is 10.1 Å². The third-order valence-electron chi connectivity index (χ3n) is 2.24. The van der Waals surface area contributed by atoms with Gasteiger partial charge in [0.2, 0.25) is 0 Å². The molecular weight excluding hydrogens is 265 g/mol. The zero-order valence-electron chi connectivity index (χ0n) is 10.2. The van der Waals surface area contributed by atoms with Crippen LogP contribution in [0.1, 0.15) is 12.0 Å². The van der Waals surface area contributed by atoms with Crippen molar-refractivity contribution in [2.45, 2.75) is 19.1 Å². The molecule has 0 aliphatic heterocycles. The van der Waals surface area contributed by atoms with Crippen LogP contribution in [0.3, 0.4) is 0 Å². The van der Waals surface area contributed by atoms with Gasteiger partial charge in [-0.1, -0.05) is 6.07 Å². The summed E-state index contributed by atoms with van der Waals surface area (Å²) in [5.41, 5.74) is 0.345. The van der Waals surface area contributed by atoms with E-state index in [-0.39, 0.29) is 11.4 Å². The van der Waals surface area contributed by atoms with Gasteiger partial charge in [0.25, 0.3) is 0 Å². The SMILES string of the molecule is CNCc1ccc([N+](=O)[O-])c(OCCC(F)(F)F)c1. The molecule has 1 aromatic rings. The number of nitrogens with zero attached hydrogens (tertiary/aromatic N) is 1. The van der Waals surface area contributed by atoms with E-state index in [9.17, 15) is 23.3 Å². The fourth-order valence-corrected chi connectivity index (χ4v) is 1.42. The molecule has 1 N–H and O–H groups in total. The summed E-state index contributed by atoms with van der Waals surface area (Å²) >= 11 is 0. The first-order chi connectivity index (χ1) is 8.83. The van der Waals surface area contributed by atoms with Gasteiger partial charge in [0.1, 0.15) is 0 Å². The molecule has 19 heavy (non-hydrogen) atoms. The van der Waals surface area contributed by atoms with Gasteiger partial charge in [-0.25, -0.2) is 0 Å². The first kappa shape index (κ1) is 15.2. The summed E-state index contributed by atoms with van der Waals surface area (Å²) in [5.74, 6) is -0.151. The van der Waals surface area contributed by atoms with E-state index >= 15 is 0 Å². The van der Waals surface area contributed by atoms with Gasteiger partial charge >= 0.3 is 11.9 Å². The van der Waals surface area contributed by atoms with Gasteiger partial charge in [-0.05, 0) is 18.7 Å². The molecule has 0 atom stereocenters. The van der Waals surface area contributed by atoms with Crippen molar-refractivity contribution in [3.05, 3.63) is 33.9 Å². The minimum absolute atomic E-state index is 0.151. The van der Waals surface area contributed by atoms with Gasteiger partial charge in [-0.3, -0.25) is 10.1 Å². The van der Waals surface area contributed by atoms with E-state index in [0.29, 0.717) is 12.1 Å². The lowest BCUT2D eigenvalue weighted by atomic mass is 10.2. The van der Waals surface area contributed by atoms with Gasteiger partial charge < -0.3 is 10.1 Å². The highest BCUT2D eigenvalue weighted by molar-refractivity contribution is 5.48. The minimum atomic E-state index is -4.35. The fraction of sp³-hybridized carbons (Fsp3) is 0.455. The van der Waals surface area contributed by atoms with Crippen molar-refractivity contribution in [2.75, 3.05) is 13.7 Å². The van der Waals surface area contributed by atoms with Crippen LogP contribution in [0.5, 0.6) is 5.75 Å². The predicted molar refractivity (Wildman–Crippen MR) is 62.0 cm³/mol. The third kappa shape index (κ3) is 5.12. The molecule has 106 valence electrons. The third-order valence-corrected chi connectivity index (χ3v) is 2.24. The van der Waals surface area contributed by atoms with Gasteiger partial charge in [-0.15, -0.1) is 0 Å². The monoisotopic (exact) mass is 278 g/mol. The van der Waals surface area contributed by atoms with Crippen molar-refractivity contribution in [1.82, 2.24) is 5.32 Å². The van der Waals surface area contributed by atoms with E-state index < -0.39 is 24.1 Å². The molecule has 0 saturated carbocycles. The Kier molecular flexibility index (Phi) is 5.11. The van der Waals surface area contributed by atoms with Crippen molar-refractivity contribution < 1.29 is 22.8 Å². The summed E-state index contributed by atoms with van der Waals surface area (Å²) in [5, 5.41) is 13.6. The van der Waals surface area contributed by atoms with Crippen LogP contribution in [0.4, 0.5) is 18.9 Å². The molecule has 5 nitrogen and oxygen atoms in total. The Labute approximate surface area is 107 Å². The van der Waals surface area contributed by atoms with Crippen molar-refractivity contribution in [3.8, 4) is 5.75 Å². The number of halogens is 3. The highest BCUT2D eigenvalue weighted by Gasteiger charge is 2.27. The van der Waals surface area contributed by atoms with Crippen LogP contribution in [-0.2, 0) is 6.54 Å². The lowest BCUT2D eigenvalue weighted by Crippen LogP contribution is -2.13. The zero-order valence-corrected chi connectivity index (χ0v) is 10.2. The van der Waals surface area contributed by atoms with Crippen molar-refractivity contribution in [3.63, 3.8) is 0 Å². The van der Waals surface area contributed by atoms with Crippen LogP contribution < -0.4 is 10.1 Å². The first-order valence-corrected chi connectivity index (χ1v) is 5.45. The number of rotatable bonds is 6. The number of hydrogen-bond acceptors (Lipinski definition) is 4. The first-order valence-electron chi connectivity index (χ1n) is 5.45. The lowest BCUT2D eigenvalue weighted by molar-refractivity contribution is -0.385. The highest BCUT2D eigenvalue weighted by atomic mass is 19.4. The van der Waals surface area contributed by atoms with E-state index in [4.69, 9.17) is 4.74 Å². The maximum atomic E-state index is 12.0. The molecule has 0 fully saturated rings. The van der Waals surface area contributed by atoms with Crippen LogP contribution >= 0.6 is 0 Å². The quantitative estimate of drug-likeness (QED) is 0.641. The van der Waals surface area contributed by atoms with Crippen LogP contribution in [0.15, 0.2) is 18.2 Å². The maximum Gasteiger partial charge on any atom is 0.392 e. The smallest absolute Gasteiger partial charge is 0.392 e. The Morgan fingerprint density at radius 2 is 2.11 bits per heavy atom. The molecule has 0 bridgehead atoms. The summed E-state index contributed by atoms with van der Waals surface area (Å²) in [7, 11) is 1.69. The second-order valence-corrected chi connectivity index (χ2v) is 3.80. The molecule has 0 aliphatic rings. The largest absolute Gasteiger partial charge is 0.486 e. The second-order valence-electron chi connectivity index (χ2n) is 3.80. The Bertz CT molecular complexity index is 449. The molecule has 0 saturated heterocycles. The summed E-state index contributed by atoms with van der Waals surface area (Å²) in [4.78, 5) is 10.1. The van der Waals surface area contributed by atoms with Crippen LogP contribution in [0.25, 0.3) is 0 Å². The number of nitro benzene ring substituents is 1. The highest BCUT2D eigenvalue weighted by Crippen LogP contribution is 2.29. The number of alkyl halides is 3. The van der Waals surface area contributed by atoms with Gasteiger partial charge in [0.15, 0.2) is 5.75 Å². The predicted octanol–water partition coefficient (Wildman–Crippen LogP) is 2.65. The van der Waals surface area contributed by atoms with Gasteiger partial charge in [-0.2, -0.15) is 13.2 Å². The Morgan fingerprint density at radius 3 is 2.63 bits per heavy atom. The molecule has 8 heteroatoms. The topological polar surface area (TPSA) is 64.4 Å². The Balaban J connectivity index is 2.82. The molecule has 0 unspecified atom stereocenters. The Morgan fingerprint density at radius 1 is 1.42 bits per heavy atom. The molecule has 0 spiro atoms. The number of ether oxygens (including phenoxy) is 1. The zero-order chi connectivity index (χ0) is 14.5. The van der Waals surface area contributed by atoms with E-state index in [2.05, 4.69) is 5.32 Å². The van der Waals surface area contributed by atoms with Crippen molar-refractivity contribution in [2.24, 2.45) is 0 Å². The normalized spacial score (nSPS) is 11.4. The number of nitrogens with one attached hydrogen (secondary N) is 1. The van der Waals surface area contributed by atoms with Crippen LogP contribution in [0.2, 0.25) is 0 Å². The van der Waals surface area contributed by atoms with Gasteiger partial charge in [0, 0.05) is 12.6 Å². The fourth-order valence-electron chi connectivity index (χ4n) is 1.42. The summed E-state index contributed by atoms with van der Waals surface area (Å²) < 4.78 is 40.9. The summed E-state index contributed by atoms with van der Waals surface area (Å²) in [6.45, 7) is -0.207. The molecule has 1 aromatic carbocycles. The molecule has 0 heterocycles. The minimum Gasteiger partial charge on any atom is -0.486 e. The molecule has 0 aliphatic carbocycles. The van der Waals surface area contributed by atoms with E-state index in [1.165, 1.54) is 18.2 Å². The number of benzene rings is 1. The maximum absolute atomic E-state index is 12.0. The molecule has 0 amide bonds.